The first-order chi connectivity index (χ1) is 12.5. The second-order valence-electron chi connectivity index (χ2n) is 7.45. The Balaban J connectivity index is 1.60. The molecule has 4 heteroatoms. The smallest absolute Gasteiger partial charge is 0.228 e. The molecule has 0 saturated carbocycles. The maximum absolute atomic E-state index is 13.3. The van der Waals surface area contributed by atoms with Crippen molar-refractivity contribution in [3.63, 3.8) is 0 Å². The number of carbonyl (C=O) groups excluding carboxylic acids is 2. The third-order valence-electron chi connectivity index (χ3n) is 5.76. The van der Waals surface area contributed by atoms with E-state index in [1.165, 1.54) is 16.7 Å². The van der Waals surface area contributed by atoms with Crippen molar-refractivity contribution in [2.45, 2.75) is 32.4 Å². The fraction of sp³-hybridized carbons (Fsp3) is 0.364. The molecule has 1 fully saturated rings. The minimum absolute atomic E-state index is 0.0475. The number of carbonyl (C=O) groups is 2. The van der Waals surface area contributed by atoms with Crippen molar-refractivity contribution in [1.29, 1.82) is 0 Å². The van der Waals surface area contributed by atoms with Crippen molar-refractivity contribution < 1.29 is 9.59 Å². The fourth-order valence-corrected chi connectivity index (χ4v) is 4.23. The molecule has 2 amide bonds. The van der Waals surface area contributed by atoms with Crippen molar-refractivity contribution >= 4 is 11.8 Å². The third kappa shape index (κ3) is 2.90. The summed E-state index contributed by atoms with van der Waals surface area (Å²) >= 11 is 0. The lowest BCUT2D eigenvalue weighted by Gasteiger charge is -2.33. The number of fused-ring (bicyclic) bond motifs is 1. The Hall–Kier alpha value is -2.62. The highest BCUT2D eigenvalue weighted by molar-refractivity contribution is 5.90. The van der Waals surface area contributed by atoms with Crippen LogP contribution in [0.25, 0.3) is 0 Å². The molecule has 2 aliphatic heterocycles. The fourth-order valence-electron chi connectivity index (χ4n) is 4.23. The van der Waals surface area contributed by atoms with E-state index in [1.54, 1.807) is 4.90 Å². The average Bonchev–Trinajstić information content (AvgIpc) is 2.96. The Morgan fingerprint density at radius 1 is 1.04 bits per heavy atom. The molecule has 0 aromatic heterocycles. The monoisotopic (exact) mass is 348 g/mol. The Morgan fingerprint density at radius 3 is 2.46 bits per heavy atom. The van der Waals surface area contributed by atoms with Crippen LogP contribution >= 0.6 is 0 Å². The standard InChI is InChI=1S/C22H24N2O2/c1-15-7-9-17(10-8-15)21-19(13-20(25)23(21)2)22(26)24-12-11-16-5-3-4-6-18(16)14-24/h3-10,19,21H,11-14H2,1-2H3/t19-,21+/m1/s1. The number of hydrogen-bond donors (Lipinski definition) is 0. The molecule has 1 saturated heterocycles. The Kier molecular flexibility index (Phi) is 4.27. The Bertz CT molecular complexity index is 843. The maximum atomic E-state index is 13.3. The van der Waals surface area contributed by atoms with Crippen LogP contribution in [0.15, 0.2) is 48.5 Å². The molecule has 2 aromatic carbocycles. The highest BCUT2D eigenvalue weighted by Crippen LogP contribution is 2.38. The zero-order valence-corrected chi connectivity index (χ0v) is 15.3. The molecule has 0 unspecified atom stereocenters. The summed E-state index contributed by atoms with van der Waals surface area (Å²) in [6.45, 7) is 3.41. The van der Waals surface area contributed by atoms with E-state index in [2.05, 4.69) is 12.1 Å². The van der Waals surface area contributed by atoms with Gasteiger partial charge in [0.1, 0.15) is 0 Å². The molecule has 2 atom stereocenters. The van der Waals surface area contributed by atoms with Gasteiger partial charge in [0, 0.05) is 26.6 Å². The first-order valence-electron chi connectivity index (χ1n) is 9.22. The van der Waals surface area contributed by atoms with Gasteiger partial charge < -0.3 is 9.80 Å². The van der Waals surface area contributed by atoms with Crippen LogP contribution in [0.4, 0.5) is 0 Å². The zero-order chi connectivity index (χ0) is 18.3. The van der Waals surface area contributed by atoms with Gasteiger partial charge in [-0.2, -0.15) is 0 Å². The Morgan fingerprint density at radius 2 is 1.73 bits per heavy atom. The maximum Gasteiger partial charge on any atom is 0.228 e. The van der Waals surface area contributed by atoms with Gasteiger partial charge >= 0.3 is 0 Å². The molecule has 2 heterocycles. The molecule has 2 aliphatic rings. The van der Waals surface area contributed by atoms with E-state index in [1.807, 2.05) is 55.3 Å². The summed E-state index contributed by atoms with van der Waals surface area (Å²) in [5.41, 5.74) is 4.76. The number of aryl methyl sites for hydroxylation is 1. The highest BCUT2D eigenvalue weighted by atomic mass is 16.2. The number of nitrogens with zero attached hydrogens (tertiary/aromatic N) is 2. The van der Waals surface area contributed by atoms with E-state index in [-0.39, 0.29) is 23.8 Å². The molecule has 0 bridgehead atoms. The lowest BCUT2D eigenvalue weighted by atomic mass is 9.90. The number of likely N-dealkylation sites (tertiary alicyclic amines) is 1. The van der Waals surface area contributed by atoms with Crippen molar-refractivity contribution in [3.05, 3.63) is 70.8 Å². The van der Waals surface area contributed by atoms with E-state index in [4.69, 9.17) is 0 Å². The summed E-state index contributed by atoms with van der Waals surface area (Å²) in [6.07, 6.45) is 1.18. The van der Waals surface area contributed by atoms with Crippen LogP contribution in [0.1, 0.15) is 34.7 Å². The van der Waals surface area contributed by atoms with E-state index < -0.39 is 0 Å². The molecular formula is C22H24N2O2. The van der Waals surface area contributed by atoms with Gasteiger partial charge in [-0.05, 0) is 30.0 Å². The summed E-state index contributed by atoms with van der Waals surface area (Å²) in [7, 11) is 1.81. The van der Waals surface area contributed by atoms with Crippen LogP contribution in [0.3, 0.4) is 0 Å². The van der Waals surface area contributed by atoms with Crippen LogP contribution in [-0.2, 0) is 22.6 Å². The average molecular weight is 348 g/mol. The molecule has 4 rings (SSSR count). The van der Waals surface area contributed by atoms with Gasteiger partial charge in [0.25, 0.3) is 0 Å². The van der Waals surface area contributed by atoms with E-state index in [9.17, 15) is 9.59 Å². The van der Waals surface area contributed by atoms with E-state index in [0.29, 0.717) is 13.0 Å². The first-order valence-corrected chi connectivity index (χ1v) is 9.22. The number of benzene rings is 2. The summed E-state index contributed by atoms with van der Waals surface area (Å²) in [6, 6.07) is 16.3. The normalized spacial score (nSPS) is 22.5. The van der Waals surface area contributed by atoms with Gasteiger partial charge in [-0.3, -0.25) is 9.59 Å². The minimum Gasteiger partial charge on any atom is -0.338 e. The third-order valence-corrected chi connectivity index (χ3v) is 5.76. The summed E-state index contributed by atoms with van der Waals surface area (Å²) in [5.74, 6) is -0.158. The van der Waals surface area contributed by atoms with Crippen LogP contribution in [-0.4, -0.2) is 35.2 Å². The highest BCUT2D eigenvalue weighted by Gasteiger charge is 2.44. The van der Waals surface area contributed by atoms with Crippen molar-refractivity contribution in [2.75, 3.05) is 13.6 Å². The van der Waals surface area contributed by atoms with Crippen LogP contribution < -0.4 is 0 Å². The van der Waals surface area contributed by atoms with Gasteiger partial charge in [0.05, 0.1) is 12.0 Å². The molecule has 134 valence electrons. The van der Waals surface area contributed by atoms with Gasteiger partial charge in [-0.15, -0.1) is 0 Å². The number of amides is 2. The number of rotatable bonds is 2. The zero-order valence-electron chi connectivity index (χ0n) is 15.3. The molecule has 2 aromatic rings. The van der Waals surface area contributed by atoms with Crippen LogP contribution in [0.2, 0.25) is 0 Å². The number of hydrogen-bond acceptors (Lipinski definition) is 2. The Labute approximate surface area is 154 Å². The lowest BCUT2D eigenvalue weighted by molar-refractivity contribution is -0.137. The van der Waals surface area contributed by atoms with E-state index >= 15 is 0 Å². The van der Waals surface area contributed by atoms with Gasteiger partial charge in [-0.25, -0.2) is 0 Å². The second-order valence-corrected chi connectivity index (χ2v) is 7.45. The van der Waals surface area contributed by atoms with Crippen molar-refractivity contribution in [2.24, 2.45) is 5.92 Å². The van der Waals surface area contributed by atoms with Gasteiger partial charge in [0.15, 0.2) is 0 Å². The topological polar surface area (TPSA) is 40.6 Å². The van der Waals surface area contributed by atoms with E-state index in [0.717, 1.165) is 18.5 Å². The van der Waals surface area contributed by atoms with Crippen molar-refractivity contribution in [1.82, 2.24) is 9.80 Å². The molecule has 26 heavy (non-hydrogen) atoms. The molecule has 0 aliphatic carbocycles. The van der Waals surface area contributed by atoms with Gasteiger partial charge in [0.2, 0.25) is 11.8 Å². The summed E-state index contributed by atoms with van der Waals surface area (Å²) in [4.78, 5) is 29.3. The van der Waals surface area contributed by atoms with Crippen LogP contribution in [0, 0.1) is 12.8 Å². The predicted molar refractivity (Wildman–Crippen MR) is 100 cm³/mol. The molecule has 4 nitrogen and oxygen atoms in total. The predicted octanol–water partition coefficient (Wildman–Crippen LogP) is 3.10. The summed E-state index contributed by atoms with van der Waals surface area (Å²) < 4.78 is 0. The molecule has 0 N–H and O–H groups in total. The summed E-state index contributed by atoms with van der Waals surface area (Å²) in [5, 5.41) is 0. The SMILES string of the molecule is Cc1ccc([C@H]2[C@H](C(=O)N3CCc4ccccc4C3)CC(=O)N2C)cc1. The minimum atomic E-state index is -0.305. The second kappa shape index (κ2) is 6.60. The molecule has 0 radical (unpaired) electrons. The molecular weight excluding hydrogens is 324 g/mol. The van der Waals surface area contributed by atoms with Crippen molar-refractivity contribution in [3.8, 4) is 0 Å². The quantitative estimate of drug-likeness (QED) is 0.837. The lowest BCUT2D eigenvalue weighted by Crippen LogP contribution is -2.41. The first kappa shape index (κ1) is 16.8. The molecule has 0 spiro atoms. The van der Waals surface area contributed by atoms with Gasteiger partial charge in [-0.1, -0.05) is 54.1 Å². The van der Waals surface area contributed by atoms with Crippen LogP contribution in [0.5, 0.6) is 0 Å². The largest absolute Gasteiger partial charge is 0.338 e.